The molecule has 0 aliphatic rings. The number of nitrogens with zero attached hydrogens (tertiary/aromatic N) is 2. The number of anilines is 1. The van der Waals surface area contributed by atoms with E-state index in [1.807, 2.05) is 23.7 Å². The number of halogens is 1. The molecule has 4 nitrogen and oxygen atoms in total. The van der Waals surface area contributed by atoms with Crippen molar-refractivity contribution in [3.63, 3.8) is 0 Å². The van der Waals surface area contributed by atoms with Gasteiger partial charge in [0.05, 0.1) is 11.0 Å². The van der Waals surface area contributed by atoms with Crippen molar-refractivity contribution >= 4 is 32.9 Å². The van der Waals surface area contributed by atoms with Crippen LogP contribution in [0.1, 0.15) is 0 Å². The lowest BCUT2D eigenvalue weighted by Gasteiger charge is -2.03. The van der Waals surface area contributed by atoms with Crippen molar-refractivity contribution in [3.8, 4) is 0 Å². The first-order valence-corrected chi connectivity index (χ1v) is 5.57. The number of aromatic nitrogens is 2. The van der Waals surface area contributed by atoms with Crippen molar-refractivity contribution < 1.29 is 0 Å². The van der Waals surface area contributed by atoms with Crippen LogP contribution in [0.15, 0.2) is 22.7 Å². The van der Waals surface area contributed by atoms with Crippen molar-refractivity contribution in [3.05, 3.63) is 22.7 Å². The van der Waals surface area contributed by atoms with Gasteiger partial charge in [-0.15, -0.1) is 0 Å². The normalized spacial score (nSPS) is 10.9. The van der Waals surface area contributed by atoms with Crippen LogP contribution in [0.4, 0.5) is 5.95 Å². The van der Waals surface area contributed by atoms with Crippen molar-refractivity contribution in [1.82, 2.24) is 9.55 Å². The van der Waals surface area contributed by atoms with E-state index < -0.39 is 0 Å². The zero-order valence-corrected chi connectivity index (χ0v) is 10.1. The molecule has 0 atom stereocenters. The Balaban J connectivity index is 2.45. The molecule has 0 saturated carbocycles. The van der Waals surface area contributed by atoms with Crippen molar-refractivity contribution in [2.24, 2.45) is 12.8 Å². The fraction of sp³-hybridized carbons (Fsp3) is 0.300. The summed E-state index contributed by atoms with van der Waals surface area (Å²) in [7, 11) is 1.99. The molecular weight excluding hydrogens is 256 g/mol. The minimum absolute atomic E-state index is 0.604. The van der Waals surface area contributed by atoms with E-state index in [2.05, 4.69) is 32.3 Å². The Labute approximate surface area is 96.6 Å². The summed E-state index contributed by atoms with van der Waals surface area (Å²) in [6.07, 6.45) is 0. The van der Waals surface area contributed by atoms with E-state index in [1.165, 1.54) is 0 Å². The van der Waals surface area contributed by atoms with Gasteiger partial charge in [-0.25, -0.2) is 4.98 Å². The standard InChI is InChI=1S/C10H13BrN4/c1-15-9-6-7(11)2-3-8(9)14-10(15)13-5-4-12/h2-3,6H,4-5,12H2,1H3,(H,13,14). The molecular formula is C10H13BrN4. The first kappa shape index (κ1) is 10.4. The van der Waals surface area contributed by atoms with E-state index in [0.29, 0.717) is 6.54 Å². The summed E-state index contributed by atoms with van der Waals surface area (Å²) in [6.45, 7) is 1.34. The summed E-state index contributed by atoms with van der Waals surface area (Å²) < 4.78 is 3.08. The van der Waals surface area contributed by atoms with Gasteiger partial charge in [-0.3, -0.25) is 0 Å². The van der Waals surface area contributed by atoms with Gasteiger partial charge < -0.3 is 15.6 Å². The maximum Gasteiger partial charge on any atom is 0.203 e. The predicted molar refractivity (Wildman–Crippen MR) is 66.0 cm³/mol. The number of nitrogens with one attached hydrogen (secondary N) is 1. The van der Waals surface area contributed by atoms with Gasteiger partial charge in [0.2, 0.25) is 5.95 Å². The molecule has 0 aliphatic heterocycles. The van der Waals surface area contributed by atoms with Crippen LogP contribution in [0.25, 0.3) is 11.0 Å². The molecule has 5 heteroatoms. The van der Waals surface area contributed by atoms with Crippen molar-refractivity contribution in [2.45, 2.75) is 0 Å². The zero-order chi connectivity index (χ0) is 10.8. The molecule has 1 heterocycles. The van der Waals surface area contributed by atoms with Crippen LogP contribution >= 0.6 is 15.9 Å². The first-order chi connectivity index (χ1) is 7.22. The summed E-state index contributed by atoms with van der Waals surface area (Å²) in [5, 5.41) is 3.18. The molecule has 3 N–H and O–H groups in total. The number of hydrogen-bond acceptors (Lipinski definition) is 3. The highest BCUT2D eigenvalue weighted by atomic mass is 79.9. The van der Waals surface area contributed by atoms with Crippen molar-refractivity contribution in [2.75, 3.05) is 18.4 Å². The summed E-state index contributed by atoms with van der Waals surface area (Å²) in [5.41, 5.74) is 7.52. The zero-order valence-electron chi connectivity index (χ0n) is 8.50. The largest absolute Gasteiger partial charge is 0.354 e. The van der Waals surface area contributed by atoms with Gasteiger partial charge in [-0.05, 0) is 18.2 Å². The number of aryl methyl sites for hydroxylation is 1. The van der Waals surface area contributed by atoms with E-state index in [-0.39, 0.29) is 0 Å². The Morgan fingerprint density at radius 1 is 1.53 bits per heavy atom. The number of imidazole rings is 1. The molecule has 2 aromatic rings. The van der Waals surface area contributed by atoms with Gasteiger partial charge in [0, 0.05) is 24.6 Å². The van der Waals surface area contributed by atoms with E-state index >= 15 is 0 Å². The van der Waals surface area contributed by atoms with Gasteiger partial charge in [-0.1, -0.05) is 15.9 Å². The molecule has 2 rings (SSSR count). The quantitative estimate of drug-likeness (QED) is 0.891. The lowest BCUT2D eigenvalue weighted by molar-refractivity contribution is 0.915. The smallest absolute Gasteiger partial charge is 0.203 e. The monoisotopic (exact) mass is 268 g/mol. The lowest BCUT2D eigenvalue weighted by Crippen LogP contribution is -2.15. The molecule has 0 unspecified atom stereocenters. The topological polar surface area (TPSA) is 55.9 Å². The van der Waals surface area contributed by atoms with E-state index in [0.717, 1.165) is 28.0 Å². The van der Waals surface area contributed by atoms with Crippen LogP contribution in [0.2, 0.25) is 0 Å². The van der Waals surface area contributed by atoms with Gasteiger partial charge in [0.1, 0.15) is 0 Å². The Morgan fingerprint density at radius 3 is 3.07 bits per heavy atom. The van der Waals surface area contributed by atoms with Gasteiger partial charge in [-0.2, -0.15) is 0 Å². The number of benzene rings is 1. The number of hydrogen-bond donors (Lipinski definition) is 2. The van der Waals surface area contributed by atoms with Gasteiger partial charge in [0.25, 0.3) is 0 Å². The summed E-state index contributed by atoms with van der Waals surface area (Å²) in [6, 6.07) is 6.03. The highest BCUT2D eigenvalue weighted by molar-refractivity contribution is 9.10. The molecule has 0 fully saturated rings. The lowest BCUT2D eigenvalue weighted by atomic mass is 10.3. The summed E-state index contributed by atoms with van der Waals surface area (Å²) in [5.74, 6) is 0.855. The fourth-order valence-corrected chi connectivity index (χ4v) is 1.85. The second-order valence-corrected chi connectivity index (χ2v) is 4.26. The molecule has 0 bridgehead atoms. The van der Waals surface area contributed by atoms with E-state index in [9.17, 15) is 0 Å². The molecule has 15 heavy (non-hydrogen) atoms. The van der Waals surface area contributed by atoms with E-state index in [4.69, 9.17) is 5.73 Å². The third kappa shape index (κ3) is 1.98. The molecule has 80 valence electrons. The van der Waals surface area contributed by atoms with E-state index in [1.54, 1.807) is 0 Å². The molecule has 1 aromatic heterocycles. The third-order valence-electron chi connectivity index (χ3n) is 2.27. The Bertz CT molecular complexity index is 477. The SMILES string of the molecule is Cn1c(NCCN)nc2ccc(Br)cc21. The van der Waals surface area contributed by atoms with Gasteiger partial charge in [0.15, 0.2) is 0 Å². The first-order valence-electron chi connectivity index (χ1n) is 4.78. The molecule has 0 aliphatic carbocycles. The minimum Gasteiger partial charge on any atom is -0.354 e. The van der Waals surface area contributed by atoms with Crippen molar-refractivity contribution in [1.29, 1.82) is 0 Å². The maximum absolute atomic E-state index is 5.44. The maximum atomic E-state index is 5.44. The molecule has 0 spiro atoms. The second-order valence-electron chi connectivity index (χ2n) is 3.34. The number of rotatable bonds is 3. The Morgan fingerprint density at radius 2 is 2.33 bits per heavy atom. The molecule has 0 amide bonds. The highest BCUT2D eigenvalue weighted by Gasteiger charge is 2.06. The van der Waals surface area contributed by atoms with Gasteiger partial charge >= 0.3 is 0 Å². The summed E-state index contributed by atoms with van der Waals surface area (Å²) in [4.78, 5) is 4.47. The van der Waals surface area contributed by atoms with Crippen LogP contribution in [0, 0.1) is 0 Å². The summed E-state index contributed by atoms with van der Waals surface area (Å²) >= 11 is 3.45. The predicted octanol–water partition coefficient (Wildman–Crippen LogP) is 1.71. The average molecular weight is 269 g/mol. The third-order valence-corrected chi connectivity index (χ3v) is 2.76. The fourth-order valence-electron chi connectivity index (χ4n) is 1.51. The molecule has 0 radical (unpaired) electrons. The molecule has 0 saturated heterocycles. The number of fused-ring (bicyclic) bond motifs is 1. The van der Waals surface area contributed by atoms with Crippen LogP contribution in [0.5, 0.6) is 0 Å². The van der Waals surface area contributed by atoms with Crippen LogP contribution < -0.4 is 11.1 Å². The Kier molecular flexibility index (Phi) is 2.93. The highest BCUT2D eigenvalue weighted by Crippen LogP contribution is 2.21. The van der Waals surface area contributed by atoms with Crippen LogP contribution in [-0.4, -0.2) is 22.6 Å². The van der Waals surface area contributed by atoms with Crippen LogP contribution in [-0.2, 0) is 7.05 Å². The number of nitrogens with two attached hydrogens (primary N) is 1. The minimum atomic E-state index is 0.604. The van der Waals surface area contributed by atoms with Crippen LogP contribution in [0.3, 0.4) is 0 Å². The average Bonchev–Trinajstić information content (AvgIpc) is 2.53. The molecule has 1 aromatic carbocycles. The Hall–Kier alpha value is -1.07. The second kappa shape index (κ2) is 4.20.